The van der Waals surface area contributed by atoms with E-state index in [1.165, 1.54) is 20.5 Å². The standard InChI is InChI=1S/C17H20N2O5/c1-11(16(20)18-10-13-5-4-6-24-13)19-17(21)12-7-14(22-2)9-15(8-12)23-3/h4-9,11H,10H2,1-3H3,(H,18,20)(H,19,21)/t11-/m0/s1. The van der Waals surface area contributed by atoms with Crippen molar-refractivity contribution in [3.63, 3.8) is 0 Å². The molecule has 0 saturated heterocycles. The summed E-state index contributed by atoms with van der Waals surface area (Å²) < 4.78 is 15.4. The van der Waals surface area contributed by atoms with Gasteiger partial charge in [0.25, 0.3) is 5.91 Å². The van der Waals surface area contributed by atoms with Crippen molar-refractivity contribution in [1.82, 2.24) is 10.6 Å². The summed E-state index contributed by atoms with van der Waals surface area (Å²) >= 11 is 0. The van der Waals surface area contributed by atoms with Crippen LogP contribution in [0.5, 0.6) is 11.5 Å². The first-order valence-electron chi connectivity index (χ1n) is 7.37. The fourth-order valence-corrected chi connectivity index (χ4v) is 2.02. The minimum absolute atomic E-state index is 0.263. The number of methoxy groups -OCH3 is 2. The van der Waals surface area contributed by atoms with E-state index in [0.717, 1.165) is 0 Å². The van der Waals surface area contributed by atoms with Crippen LogP contribution in [0, 0.1) is 0 Å². The van der Waals surface area contributed by atoms with Crippen LogP contribution in [0.1, 0.15) is 23.0 Å². The van der Waals surface area contributed by atoms with Gasteiger partial charge in [-0.05, 0) is 31.2 Å². The maximum Gasteiger partial charge on any atom is 0.252 e. The highest BCUT2D eigenvalue weighted by atomic mass is 16.5. The van der Waals surface area contributed by atoms with Gasteiger partial charge in [-0.25, -0.2) is 0 Å². The van der Waals surface area contributed by atoms with E-state index in [1.807, 2.05) is 0 Å². The van der Waals surface area contributed by atoms with Gasteiger partial charge in [-0.1, -0.05) is 0 Å². The average Bonchev–Trinajstić information content (AvgIpc) is 3.12. The summed E-state index contributed by atoms with van der Waals surface area (Å²) in [4.78, 5) is 24.3. The SMILES string of the molecule is COc1cc(OC)cc(C(=O)N[C@@H](C)C(=O)NCc2ccco2)c1. The minimum Gasteiger partial charge on any atom is -0.497 e. The van der Waals surface area contributed by atoms with Crippen molar-refractivity contribution < 1.29 is 23.5 Å². The lowest BCUT2D eigenvalue weighted by Gasteiger charge is -2.14. The Kier molecular flexibility index (Phi) is 5.83. The molecule has 2 aromatic rings. The summed E-state index contributed by atoms with van der Waals surface area (Å²) in [7, 11) is 3.00. The van der Waals surface area contributed by atoms with E-state index < -0.39 is 11.9 Å². The molecule has 0 spiro atoms. The van der Waals surface area contributed by atoms with Crippen molar-refractivity contribution in [2.24, 2.45) is 0 Å². The van der Waals surface area contributed by atoms with Crippen molar-refractivity contribution in [3.05, 3.63) is 47.9 Å². The van der Waals surface area contributed by atoms with E-state index in [0.29, 0.717) is 22.8 Å². The summed E-state index contributed by atoms with van der Waals surface area (Å²) in [5.74, 6) is 0.922. The van der Waals surface area contributed by atoms with Crippen LogP contribution in [0.2, 0.25) is 0 Å². The first-order chi connectivity index (χ1) is 11.5. The molecule has 0 bridgehead atoms. The van der Waals surface area contributed by atoms with E-state index in [2.05, 4.69) is 10.6 Å². The molecule has 0 saturated carbocycles. The highest BCUT2D eigenvalue weighted by molar-refractivity contribution is 5.98. The minimum atomic E-state index is -0.704. The second-order valence-corrected chi connectivity index (χ2v) is 5.09. The Hall–Kier alpha value is -2.96. The molecular weight excluding hydrogens is 312 g/mol. The molecule has 0 fully saturated rings. The first kappa shape index (κ1) is 17.4. The van der Waals surface area contributed by atoms with Crippen molar-refractivity contribution in [3.8, 4) is 11.5 Å². The van der Waals surface area contributed by atoms with Gasteiger partial charge >= 0.3 is 0 Å². The van der Waals surface area contributed by atoms with Crippen LogP contribution >= 0.6 is 0 Å². The number of nitrogens with one attached hydrogen (secondary N) is 2. The van der Waals surface area contributed by atoms with Crippen molar-refractivity contribution in [2.45, 2.75) is 19.5 Å². The quantitative estimate of drug-likeness (QED) is 0.806. The molecule has 0 unspecified atom stereocenters. The van der Waals surface area contributed by atoms with Gasteiger partial charge in [-0.2, -0.15) is 0 Å². The third-order valence-corrected chi connectivity index (χ3v) is 3.37. The van der Waals surface area contributed by atoms with E-state index in [1.54, 1.807) is 37.3 Å². The van der Waals surface area contributed by atoms with Crippen LogP contribution in [-0.4, -0.2) is 32.1 Å². The second-order valence-electron chi connectivity index (χ2n) is 5.09. The molecule has 1 atom stereocenters. The van der Waals surface area contributed by atoms with Gasteiger partial charge in [0, 0.05) is 11.6 Å². The van der Waals surface area contributed by atoms with Gasteiger partial charge in [0.1, 0.15) is 23.3 Å². The Balaban J connectivity index is 1.96. The number of rotatable bonds is 7. The zero-order chi connectivity index (χ0) is 17.5. The van der Waals surface area contributed by atoms with Crippen LogP contribution < -0.4 is 20.1 Å². The van der Waals surface area contributed by atoms with E-state index >= 15 is 0 Å². The number of carbonyl (C=O) groups excluding carboxylic acids is 2. The fraction of sp³-hybridized carbons (Fsp3) is 0.294. The number of benzene rings is 1. The number of ether oxygens (including phenoxy) is 2. The Bertz CT molecular complexity index is 675. The fourth-order valence-electron chi connectivity index (χ4n) is 2.02. The van der Waals surface area contributed by atoms with Gasteiger partial charge in [0.2, 0.25) is 5.91 Å². The monoisotopic (exact) mass is 332 g/mol. The van der Waals surface area contributed by atoms with Crippen molar-refractivity contribution >= 4 is 11.8 Å². The molecule has 2 amide bonds. The molecule has 0 aliphatic heterocycles. The lowest BCUT2D eigenvalue weighted by Crippen LogP contribution is -2.44. The third kappa shape index (κ3) is 4.52. The molecule has 1 aromatic heterocycles. The predicted molar refractivity (Wildman–Crippen MR) is 87.0 cm³/mol. The zero-order valence-corrected chi connectivity index (χ0v) is 13.8. The Morgan fingerprint density at radius 2 is 1.83 bits per heavy atom. The molecule has 128 valence electrons. The maximum atomic E-state index is 12.3. The van der Waals surface area contributed by atoms with Crippen LogP contribution in [-0.2, 0) is 11.3 Å². The molecule has 1 aromatic carbocycles. The van der Waals surface area contributed by atoms with E-state index in [4.69, 9.17) is 13.9 Å². The Labute approximate surface area is 139 Å². The molecular formula is C17H20N2O5. The molecule has 7 heteroatoms. The van der Waals surface area contributed by atoms with Gasteiger partial charge < -0.3 is 24.5 Å². The second kappa shape index (κ2) is 8.05. The van der Waals surface area contributed by atoms with Crippen LogP contribution in [0.15, 0.2) is 41.0 Å². The molecule has 2 rings (SSSR count). The molecule has 0 aliphatic rings. The summed E-state index contributed by atoms with van der Waals surface area (Å²) in [5, 5.41) is 5.33. The molecule has 7 nitrogen and oxygen atoms in total. The topological polar surface area (TPSA) is 89.8 Å². The van der Waals surface area contributed by atoms with Crippen LogP contribution in [0.25, 0.3) is 0 Å². The average molecular weight is 332 g/mol. The normalized spacial score (nSPS) is 11.5. The zero-order valence-electron chi connectivity index (χ0n) is 13.8. The Morgan fingerprint density at radius 3 is 2.38 bits per heavy atom. The summed E-state index contributed by atoms with van der Waals surface area (Å²) in [6.45, 7) is 1.87. The van der Waals surface area contributed by atoms with Crippen LogP contribution in [0.3, 0.4) is 0 Å². The summed E-state index contributed by atoms with van der Waals surface area (Å²) in [5.41, 5.74) is 0.344. The number of furan rings is 1. The van der Waals surface area contributed by atoms with Crippen LogP contribution in [0.4, 0.5) is 0 Å². The molecule has 24 heavy (non-hydrogen) atoms. The number of hydrogen-bond donors (Lipinski definition) is 2. The number of amides is 2. The number of hydrogen-bond acceptors (Lipinski definition) is 5. The smallest absolute Gasteiger partial charge is 0.252 e. The maximum absolute atomic E-state index is 12.3. The molecule has 1 heterocycles. The van der Waals surface area contributed by atoms with Crippen molar-refractivity contribution in [1.29, 1.82) is 0 Å². The lowest BCUT2D eigenvalue weighted by molar-refractivity contribution is -0.122. The summed E-state index contributed by atoms with van der Waals surface area (Å²) in [6.07, 6.45) is 1.53. The van der Waals surface area contributed by atoms with Gasteiger partial charge in [0.05, 0.1) is 27.0 Å². The summed E-state index contributed by atoms with van der Waals surface area (Å²) in [6, 6.07) is 7.60. The van der Waals surface area contributed by atoms with Gasteiger partial charge in [-0.3, -0.25) is 9.59 Å². The molecule has 0 radical (unpaired) electrons. The van der Waals surface area contributed by atoms with E-state index in [-0.39, 0.29) is 12.5 Å². The third-order valence-electron chi connectivity index (χ3n) is 3.37. The highest BCUT2D eigenvalue weighted by Crippen LogP contribution is 2.22. The van der Waals surface area contributed by atoms with Crippen molar-refractivity contribution in [2.75, 3.05) is 14.2 Å². The van der Waals surface area contributed by atoms with Gasteiger partial charge in [0.15, 0.2) is 0 Å². The first-order valence-corrected chi connectivity index (χ1v) is 7.37. The van der Waals surface area contributed by atoms with Gasteiger partial charge in [-0.15, -0.1) is 0 Å². The molecule has 0 aliphatic carbocycles. The Morgan fingerprint density at radius 1 is 1.17 bits per heavy atom. The highest BCUT2D eigenvalue weighted by Gasteiger charge is 2.18. The largest absolute Gasteiger partial charge is 0.497 e. The molecule has 2 N–H and O–H groups in total. The predicted octanol–water partition coefficient (Wildman–Crippen LogP) is 1.73. The van der Waals surface area contributed by atoms with E-state index in [9.17, 15) is 9.59 Å². The number of carbonyl (C=O) groups is 2. The lowest BCUT2D eigenvalue weighted by atomic mass is 10.1.